The molecular formula is C13H21N3O2S. The first-order valence-electron chi connectivity index (χ1n) is 6.60. The summed E-state index contributed by atoms with van der Waals surface area (Å²) >= 11 is 1.57. The van der Waals surface area contributed by atoms with Gasteiger partial charge in [0.05, 0.1) is 36.5 Å². The van der Waals surface area contributed by atoms with Gasteiger partial charge in [-0.15, -0.1) is 11.3 Å². The average Bonchev–Trinajstić information content (AvgIpc) is 2.81. The number of ether oxygens (including phenoxy) is 1. The first-order chi connectivity index (χ1) is 9.04. The lowest BCUT2D eigenvalue weighted by atomic mass is 10.0. The van der Waals surface area contributed by atoms with Gasteiger partial charge >= 0.3 is 6.03 Å². The van der Waals surface area contributed by atoms with E-state index in [2.05, 4.69) is 24.1 Å². The number of nitrogens with zero attached hydrogens (tertiary/aromatic N) is 2. The third-order valence-corrected chi connectivity index (χ3v) is 4.55. The zero-order valence-electron chi connectivity index (χ0n) is 11.7. The number of carbonyl (C=O) groups excluding carboxylic acids is 1. The molecule has 0 bridgehead atoms. The van der Waals surface area contributed by atoms with Crippen molar-refractivity contribution in [3.63, 3.8) is 0 Å². The fraction of sp³-hybridized carbons (Fsp3) is 0.692. The number of hydrogen-bond donors (Lipinski definition) is 1. The van der Waals surface area contributed by atoms with E-state index in [1.54, 1.807) is 16.8 Å². The lowest BCUT2D eigenvalue weighted by Gasteiger charge is -2.39. The van der Waals surface area contributed by atoms with E-state index < -0.39 is 0 Å². The lowest BCUT2D eigenvalue weighted by Crippen LogP contribution is -2.54. The molecule has 1 aliphatic rings. The molecule has 2 heterocycles. The maximum atomic E-state index is 12.2. The summed E-state index contributed by atoms with van der Waals surface area (Å²) in [7, 11) is 0. The molecule has 0 radical (unpaired) electrons. The number of aryl methyl sites for hydroxylation is 1. The third kappa shape index (κ3) is 3.45. The highest BCUT2D eigenvalue weighted by atomic mass is 32.1. The van der Waals surface area contributed by atoms with Gasteiger partial charge in [0.2, 0.25) is 0 Å². The Morgan fingerprint density at radius 2 is 2.47 bits per heavy atom. The number of morpholine rings is 1. The smallest absolute Gasteiger partial charge is 0.317 e. The van der Waals surface area contributed by atoms with Crippen LogP contribution in [0.2, 0.25) is 0 Å². The van der Waals surface area contributed by atoms with E-state index in [0.717, 1.165) is 17.0 Å². The summed E-state index contributed by atoms with van der Waals surface area (Å²) in [6.07, 6.45) is 0.907. The van der Waals surface area contributed by atoms with E-state index >= 15 is 0 Å². The maximum absolute atomic E-state index is 12.2. The third-order valence-electron chi connectivity index (χ3n) is 3.62. The number of amides is 2. The molecule has 6 heteroatoms. The molecule has 0 spiro atoms. The molecule has 1 aromatic heterocycles. The van der Waals surface area contributed by atoms with Crippen LogP contribution in [-0.2, 0) is 11.3 Å². The number of urea groups is 1. The van der Waals surface area contributed by atoms with Gasteiger partial charge in [0.15, 0.2) is 0 Å². The van der Waals surface area contributed by atoms with Gasteiger partial charge in [-0.25, -0.2) is 9.78 Å². The van der Waals surface area contributed by atoms with E-state index in [1.165, 1.54) is 0 Å². The van der Waals surface area contributed by atoms with Crippen molar-refractivity contribution < 1.29 is 9.53 Å². The number of rotatable bonds is 3. The normalized spacial score (nSPS) is 23.4. The van der Waals surface area contributed by atoms with Crippen LogP contribution in [0.5, 0.6) is 0 Å². The molecule has 19 heavy (non-hydrogen) atoms. The SMILES string of the molecule is CC[C@@]1(C)CN(C(=O)NCc2scnc2C)CCO1. The Bertz CT molecular complexity index is 449. The van der Waals surface area contributed by atoms with Crippen LogP contribution < -0.4 is 5.32 Å². The molecule has 0 aliphatic carbocycles. The van der Waals surface area contributed by atoms with Crippen LogP contribution in [0.3, 0.4) is 0 Å². The summed E-state index contributed by atoms with van der Waals surface area (Å²) in [5, 5.41) is 2.96. The van der Waals surface area contributed by atoms with Crippen LogP contribution in [0.15, 0.2) is 5.51 Å². The summed E-state index contributed by atoms with van der Waals surface area (Å²) in [6.45, 7) is 8.57. The van der Waals surface area contributed by atoms with E-state index in [0.29, 0.717) is 26.2 Å². The number of aromatic nitrogens is 1. The van der Waals surface area contributed by atoms with Crippen molar-refractivity contribution in [2.24, 2.45) is 0 Å². The van der Waals surface area contributed by atoms with Gasteiger partial charge in [-0.1, -0.05) is 6.92 Å². The molecular weight excluding hydrogens is 262 g/mol. The highest BCUT2D eigenvalue weighted by molar-refractivity contribution is 7.09. The van der Waals surface area contributed by atoms with E-state index in [4.69, 9.17) is 4.74 Å². The Hall–Kier alpha value is -1.14. The first-order valence-corrected chi connectivity index (χ1v) is 7.48. The number of carbonyl (C=O) groups is 1. The van der Waals surface area contributed by atoms with Gasteiger partial charge in [-0.2, -0.15) is 0 Å². The Balaban J connectivity index is 1.88. The van der Waals surface area contributed by atoms with Crippen LogP contribution in [-0.4, -0.2) is 41.2 Å². The summed E-state index contributed by atoms with van der Waals surface area (Å²) in [6, 6.07) is -0.0178. The molecule has 106 valence electrons. The molecule has 1 N–H and O–H groups in total. The van der Waals surface area contributed by atoms with Gasteiger partial charge in [0.25, 0.3) is 0 Å². The van der Waals surface area contributed by atoms with Crippen molar-refractivity contribution in [2.45, 2.75) is 39.3 Å². The molecule has 5 nitrogen and oxygen atoms in total. The first kappa shape index (κ1) is 14.3. The highest BCUT2D eigenvalue weighted by Gasteiger charge is 2.32. The Morgan fingerprint density at radius 3 is 3.11 bits per heavy atom. The maximum Gasteiger partial charge on any atom is 0.317 e. The van der Waals surface area contributed by atoms with Crippen molar-refractivity contribution in [3.8, 4) is 0 Å². The summed E-state index contributed by atoms with van der Waals surface area (Å²) in [4.78, 5) is 19.3. The second-order valence-corrected chi connectivity index (χ2v) is 6.03. The predicted octanol–water partition coefficient (Wildman–Crippen LogP) is 2.16. The highest BCUT2D eigenvalue weighted by Crippen LogP contribution is 2.21. The van der Waals surface area contributed by atoms with Crippen molar-refractivity contribution in [3.05, 3.63) is 16.1 Å². The summed E-state index contributed by atoms with van der Waals surface area (Å²) in [5.74, 6) is 0. The summed E-state index contributed by atoms with van der Waals surface area (Å²) in [5.41, 5.74) is 2.58. The van der Waals surface area contributed by atoms with E-state index in [9.17, 15) is 4.79 Å². The van der Waals surface area contributed by atoms with Crippen molar-refractivity contribution in [2.75, 3.05) is 19.7 Å². The number of hydrogen-bond acceptors (Lipinski definition) is 4. The quantitative estimate of drug-likeness (QED) is 0.925. The van der Waals surface area contributed by atoms with Crippen molar-refractivity contribution in [1.29, 1.82) is 0 Å². The minimum atomic E-state index is -0.212. The monoisotopic (exact) mass is 283 g/mol. The summed E-state index contributed by atoms with van der Waals surface area (Å²) < 4.78 is 5.73. The van der Waals surface area contributed by atoms with Crippen LogP contribution in [0, 0.1) is 6.92 Å². The minimum Gasteiger partial charge on any atom is -0.372 e. The van der Waals surface area contributed by atoms with Crippen LogP contribution in [0.25, 0.3) is 0 Å². The van der Waals surface area contributed by atoms with E-state index in [-0.39, 0.29) is 11.6 Å². The van der Waals surface area contributed by atoms with Gasteiger partial charge in [-0.3, -0.25) is 0 Å². The average molecular weight is 283 g/mol. The van der Waals surface area contributed by atoms with Gasteiger partial charge in [-0.05, 0) is 20.3 Å². The zero-order valence-corrected chi connectivity index (χ0v) is 12.5. The molecule has 0 saturated carbocycles. The topological polar surface area (TPSA) is 54.5 Å². The predicted molar refractivity (Wildman–Crippen MR) is 75.3 cm³/mol. The van der Waals surface area contributed by atoms with Crippen LogP contribution in [0.4, 0.5) is 4.79 Å². The van der Waals surface area contributed by atoms with Crippen LogP contribution in [0.1, 0.15) is 30.8 Å². The number of thiazole rings is 1. The molecule has 1 fully saturated rings. The second kappa shape index (κ2) is 5.88. The fourth-order valence-electron chi connectivity index (χ4n) is 2.08. The van der Waals surface area contributed by atoms with Crippen LogP contribution >= 0.6 is 11.3 Å². The molecule has 0 aromatic carbocycles. The Kier molecular flexibility index (Phi) is 4.42. The molecule has 1 saturated heterocycles. The second-order valence-electron chi connectivity index (χ2n) is 5.09. The molecule has 2 rings (SSSR count). The Morgan fingerprint density at radius 1 is 1.68 bits per heavy atom. The zero-order chi connectivity index (χ0) is 13.9. The number of nitrogens with one attached hydrogen (secondary N) is 1. The standard InChI is InChI=1S/C13H21N3O2S/c1-4-13(3)8-16(5-6-18-13)12(17)14-7-11-10(2)15-9-19-11/h9H,4-8H2,1-3H3,(H,14,17)/t13-/m0/s1. The van der Waals surface area contributed by atoms with Gasteiger partial charge in [0, 0.05) is 11.4 Å². The molecule has 1 atom stereocenters. The molecule has 1 aliphatic heterocycles. The minimum absolute atomic E-state index is 0.0178. The molecule has 0 unspecified atom stereocenters. The van der Waals surface area contributed by atoms with Crippen molar-refractivity contribution >= 4 is 17.4 Å². The largest absolute Gasteiger partial charge is 0.372 e. The fourth-order valence-corrected chi connectivity index (χ4v) is 2.80. The van der Waals surface area contributed by atoms with Crippen molar-refractivity contribution in [1.82, 2.24) is 15.2 Å². The lowest BCUT2D eigenvalue weighted by molar-refractivity contribution is -0.0872. The molecule has 2 amide bonds. The van der Waals surface area contributed by atoms with Gasteiger partial charge in [0.1, 0.15) is 0 Å². The molecule has 1 aromatic rings. The van der Waals surface area contributed by atoms with Gasteiger partial charge < -0.3 is 15.0 Å². The van der Waals surface area contributed by atoms with E-state index in [1.807, 2.05) is 11.8 Å². The Labute approximate surface area is 118 Å².